The molecule has 0 radical (unpaired) electrons. The van der Waals surface area contributed by atoms with E-state index in [4.69, 9.17) is 10.2 Å². The lowest BCUT2D eigenvalue weighted by Gasteiger charge is -2.09. The van der Waals surface area contributed by atoms with Crippen LogP contribution in [0.25, 0.3) is 10.9 Å². The van der Waals surface area contributed by atoms with Crippen molar-refractivity contribution in [3.8, 4) is 0 Å². The SMILES string of the molecule is O=C(O)Cn1cc(C(=O)O)c(=O)c2ccccc21. The molecule has 0 aliphatic carbocycles. The van der Waals surface area contributed by atoms with E-state index in [0.717, 1.165) is 6.20 Å². The summed E-state index contributed by atoms with van der Waals surface area (Å²) in [6.45, 7) is -0.402. The summed E-state index contributed by atoms with van der Waals surface area (Å²) in [5.41, 5.74) is -0.649. The number of fused-ring (bicyclic) bond motifs is 1. The Balaban J connectivity index is 2.84. The summed E-state index contributed by atoms with van der Waals surface area (Å²) < 4.78 is 1.24. The first-order valence-electron chi connectivity index (χ1n) is 5.08. The van der Waals surface area contributed by atoms with Crippen LogP contribution in [0, 0.1) is 0 Å². The van der Waals surface area contributed by atoms with E-state index in [1.54, 1.807) is 18.2 Å². The van der Waals surface area contributed by atoms with E-state index in [0.29, 0.717) is 5.52 Å². The second-order valence-corrected chi connectivity index (χ2v) is 3.72. The molecule has 0 fully saturated rings. The van der Waals surface area contributed by atoms with Crippen molar-refractivity contribution >= 4 is 22.8 Å². The highest BCUT2D eigenvalue weighted by atomic mass is 16.4. The number of para-hydroxylation sites is 1. The van der Waals surface area contributed by atoms with Gasteiger partial charge < -0.3 is 14.8 Å². The van der Waals surface area contributed by atoms with Crippen LogP contribution in [0.3, 0.4) is 0 Å². The zero-order valence-corrected chi connectivity index (χ0v) is 9.16. The number of aromatic nitrogens is 1. The maximum Gasteiger partial charge on any atom is 0.341 e. The highest BCUT2D eigenvalue weighted by molar-refractivity contribution is 5.92. The standard InChI is InChI=1S/C12H9NO5/c14-10(15)6-13-5-8(12(17)18)11(16)7-3-1-2-4-9(7)13/h1-5H,6H2,(H,14,15)(H,17,18). The molecular formula is C12H9NO5. The summed E-state index contributed by atoms with van der Waals surface area (Å²) in [7, 11) is 0. The van der Waals surface area contributed by atoms with Crippen LogP contribution in [-0.2, 0) is 11.3 Å². The minimum Gasteiger partial charge on any atom is -0.480 e. The van der Waals surface area contributed by atoms with Crippen LogP contribution in [-0.4, -0.2) is 26.7 Å². The Morgan fingerprint density at radius 1 is 1.17 bits per heavy atom. The molecule has 92 valence electrons. The van der Waals surface area contributed by atoms with Crippen molar-refractivity contribution in [1.29, 1.82) is 0 Å². The molecule has 2 N–H and O–H groups in total. The molecule has 0 bridgehead atoms. The van der Waals surface area contributed by atoms with Gasteiger partial charge in [-0.15, -0.1) is 0 Å². The van der Waals surface area contributed by atoms with Gasteiger partial charge in [-0.1, -0.05) is 12.1 Å². The molecule has 1 aromatic heterocycles. The number of rotatable bonds is 3. The zero-order valence-electron chi connectivity index (χ0n) is 9.16. The number of benzene rings is 1. The number of pyridine rings is 1. The fourth-order valence-corrected chi connectivity index (χ4v) is 1.77. The molecule has 0 aliphatic heterocycles. The number of aromatic carboxylic acids is 1. The number of nitrogens with zero attached hydrogens (tertiary/aromatic N) is 1. The Bertz CT molecular complexity index is 701. The molecule has 0 spiro atoms. The molecule has 0 aliphatic rings. The lowest BCUT2D eigenvalue weighted by molar-refractivity contribution is -0.137. The van der Waals surface area contributed by atoms with Crippen LogP contribution in [0.5, 0.6) is 0 Å². The molecule has 0 saturated carbocycles. The van der Waals surface area contributed by atoms with Crippen molar-refractivity contribution < 1.29 is 19.8 Å². The fraction of sp³-hybridized carbons (Fsp3) is 0.0833. The number of carbonyl (C=O) groups is 2. The third kappa shape index (κ3) is 1.95. The quantitative estimate of drug-likeness (QED) is 0.835. The monoisotopic (exact) mass is 247 g/mol. The summed E-state index contributed by atoms with van der Waals surface area (Å²) in [4.78, 5) is 33.5. The number of carboxylic acid groups (broad SMARTS) is 2. The van der Waals surface area contributed by atoms with E-state index < -0.39 is 29.5 Å². The number of aliphatic carboxylic acids is 1. The van der Waals surface area contributed by atoms with Crippen LogP contribution in [0.1, 0.15) is 10.4 Å². The molecule has 6 nitrogen and oxygen atoms in total. The summed E-state index contributed by atoms with van der Waals surface area (Å²) in [6, 6.07) is 6.30. The molecule has 6 heteroatoms. The predicted octanol–water partition coefficient (Wildman–Crippen LogP) is 0.784. The van der Waals surface area contributed by atoms with Crippen molar-refractivity contribution in [2.45, 2.75) is 6.54 Å². The van der Waals surface area contributed by atoms with Crippen molar-refractivity contribution in [3.63, 3.8) is 0 Å². The van der Waals surface area contributed by atoms with Gasteiger partial charge in [0.25, 0.3) is 0 Å². The smallest absolute Gasteiger partial charge is 0.341 e. The van der Waals surface area contributed by atoms with Crippen molar-refractivity contribution in [1.82, 2.24) is 4.57 Å². The van der Waals surface area contributed by atoms with Gasteiger partial charge >= 0.3 is 11.9 Å². The maximum atomic E-state index is 11.9. The number of hydrogen-bond donors (Lipinski definition) is 2. The third-order valence-electron chi connectivity index (χ3n) is 2.52. The van der Waals surface area contributed by atoms with E-state index in [9.17, 15) is 14.4 Å². The second kappa shape index (κ2) is 4.33. The summed E-state index contributed by atoms with van der Waals surface area (Å²) >= 11 is 0. The molecular weight excluding hydrogens is 238 g/mol. The first-order valence-corrected chi connectivity index (χ1v) is 5.08. The van der Waals surface area contributed by atoms with Gasteiger partial charge in [0.05, 0.1) is 5.52 Å². The minimum absolute atomic E-state index is 0.193. The average molecular weight is 247 g/mol. The first kappa shape index (κ1) is 11.8. The van der Waals surface area contributed by atoms with Crippen molar-refractivity contribution in [2.24, 2.45) is 0 Å². The molecule has 1 aromatic carbocycles. The number of hydrogen-bond acceptors (Lipinski definition) is 3. The first-order chi connectivity index (χ1) is 8.50. The van der Waals surface area contributed by atoms with Crippen LogP contribution in [0.2, 0.25) is 0 Å². The maximum absolute atomic E-state index is 11.9. The molecule has 2 aromatic rings. The third-order valence-corrected chi connectivity index (χ3v) is 2.52. The Morgan fingerprint density at radius 2 is 1.83 bits per heavy atom. The largest absolute Gasteiger partial charge is 0.480 e. The molecule has 0 atom stereocenters. The highest BCUT2D eigenvalue weighted by Gasteiger charge is 2.14. The molecule has 2 rings (SSSR count). The summed E-state index contributed by atoms with van der Waals surface area (Å²) in [6.07, 6.45) is 1.06. The van der Waals surface area contributed by atoms with E-state index in [1.165, 1.54) is 10.6 Å². The Labute approximate surface area is 101 Å². The molecule has 18 heavy (non-hydrogen) atoms. The lowest BCUT2D eigenvalue weighted by Crippen LogP contribution is -2.20. The molecule has 1 heterocycles. The Morgan fingerprint density at radius 3 is 2.44 bits per heavy atom. The van der Waals surface area contributed by atoms with Gasteiger partial charge in [-0.3, -0.25) is 9.59 Å². The van der Waals surface area contributed by atoms with Gasteiger partial charge in [0, 0.05) is 11.6 Å². The molecule has 0 saturated heterocycles. The zero-order chi connectivity index (χ0) is 13.3. The van der Waals surface area contributed by atoms with Gasteiger partial charge in [0.2, 0.25) is 5.43 Å². The van der Waals surface area contributed by atoms with Crippen molar-refractivity contribution in [3.05, 3.63) is 46.2 Å². The van der Waals surface area contributed by atoms with E-state index in [1.807, 2.05) is 0 Å². The highest BCUT2D eigenvalue weighted by Crippen LogP contribution is 2.11. The van der Waals surface area contributed by atoms with Crippen LogP contribution in [0.4, 0.5) is 0 Å². The lowest BCUT2D eigenvalue weighted by atomic mass is 10.1. The van der Waals surface area contributed by atoms with Crippen LogP contribution in [0.15, 0.2) is 35.3 Å². The van der Waals surface area contributed by atoms with Gasteiger partial charge in [-0.25, -0.2) is 4.79 Å². The van der Waals surface area contributed by atoms with Crippen LogP contribution < -0.4 is 5.43 Å². The van der Waals surface area contributed by atoms with E-state index >= 15 is 0 Å². The van der Waals surface area contributed by atoms with Gasteiger partial charge in [-0.2, -0.15) is 0 Å². The molecule has 0 amide bonds. The van der Waals surface area contributed by atoms with E-state index in [-0.39, 0.29) is 5.39 Å². The summed E-state index contributed by atoms with van der Waals surface area (Å²) in [5.74, 6) is -2.48. The van der Waals surface area contributed by atoms with E-state index in [2.05, 4.69) is 0 Å². The number of carboxylic acids is 2. The normalized spacial score (nSPS) is 10.4. The van der Waals surface area contributed by atoms with Crippen LogP contribution >= 0.6 is 0 Å². The predicted molar refractivity (Wildman–Crippen MR) is 62.8 cm³/mol. The van der Waals surface area contributed by atoms with Gasteiger partial charge in [-0.05, 0) is 12.1 Å². The minimum atomic E-state index is -1.37. The summed E-state index contributed by atoms with van der Waals surface area (Å²) in [5, 5.41) is 17.9. The van der Waals surface area contributed by atoms with Gasteiger partial charge in [0.15, 0.2) is 0 Å². The average Bonchev–Trinajstić information content (AvgIpc) is 2.32. The topological polar surface area (TPSA) is 96.6 Å². The van der Waals surface area contributed by atoms with Crippen molar-refractivity contribution in [2.75, 3.05) is 0 Å². The Kier molecular flexibility index (Phi) is 2.85. The fourth-order valence-electron chi connectivity index (χ4n) is 1.77. The molecule has 0 unspecified atom stereocenters. The van der Waals surface area contributed by atoms with Gasteiger partial charge in [0.1, 0.15) is 12.1 Å². The Hall–Kier alpha value is -2.63. The second-order valence-electron chi connectivity index (χ2n) is 3.72.